The SMILES string of the molecule is C=C(C)C(=O)Oc1cc(C(F)(F)F)ccc1S(=O)(=O)O. The summed E-state index contributed by atoms with van der Waals surface area (Å²) in [6.07, 6.45) is -4.76. The van der Waals surface area contributed by atoms with Crippen molar-refractivity contribution in [2.24, 2.45) is 0 Å². The molecule has 0 unspecified atom stereocenters. The molecule has 0 aliphatic heterocycles. The second kappa shape index (κ2) is 5.25. The minimum absolute atomic E-state index is 0.149. The molecule has 0 saturated heterocycles. The average Bonchev–Trinajstić information content (AvgIpc) is 2.25. The first-order valence-electron chi connectivity index (χ1n) is 4.99. The van der Waals surface area contributed by atoms with Crippen LogP contribution in [-0.2, 0) is 21.1 Å². The molecule has 0 atom stereocenters. The average molecular weight is 310 g/mol. The van der Waals surface area contributed by atoms with Crippen molar-refractivity contribution in [3.63, 3.8) is 0 Å². The Balaban J connectivity index is 3.42. The molecule has 1 rings (SSSR count). The topological polar surface area (TPSA) is 80.7 Å². The number of esters is 1. The summed E-state index contributed by atoms with van der Waals surface area (Å²) in [7, 11) is -4.84. The van der Waals surface area contributed by atoms with Gasteiger partial charge >= 0.3 is 12.1 Å². The molecule has 9 heteroatoms. The van der Waals surface area contributed by atoms with Crippen molar-refractivity contribution in [1.82, 2.24) is 0 Å². The largest absolute Gasteiger partial charge is 0.422 e. The molecule has 1 N–H and O–H groups in total. The molecule has 1 aromatic rings. The second-order valence-electron chi connectivity index (χ2n) is 3.80. The van der Waals surface area contributed by atoms with Gasteiger partial charge in [-0.2, -0.15) is 21.6 Å². The molecule has 1 aromatic carbocycles. The number of hydrogen-bond acceptors (Lipinski definition) is 4. The van der Waals surface area contributed by atoms with Crippen LogP contribution in [-0.4, -0.2) is 18.9 Å². The van der Waals surface area contributed by atoms with E-state index in [0.717, 1.165) is 0 Å². The van der Waals surface area contributed by atoms with Gasteiger partial charge in [-0.1, -0.05) is 6.58 Å². The number of ether oxygens (including phenoxy) is 1. The fourth-order valence-electron chi connectivity index (χ4n) is 1.16. The van der Waals surface area contributed by atoms with Crippen LogP contribution in [0.1, 0.15) is 12.5 Å². The summed E-state index contributed by atoms with van der Waals surface area (Å²) in [5, 5.41) is 0. The summed E-state index contributed by atoms with van der Waals surface area (Å²) in [6, 6.07) is 1.25. The minimum Gasteiger partial charge on any atom is -0.422 e. The summed E-state index contributed by atoms with van der Waals surface area (Å²) < 4.78 is 73.0. The van der Waals surface area contributed by atoms with Gasteiger partial charge in [0.1, 0.15) is 4.90 Å². The van der Waals surface area contributed by atoms with Gasteiger partial charge in [-0.15, -0.1) is 0 Å². The first-order chi connectivity index (χ1) is 8.93. The Hall–Kier alpha value is -1.87. The van der Waals surface area contributed by atoms with E-state index in [1.807, 2.05) is 0 Å². The Bertz CT molecular complexity index is 661. The quantitative estimate of drug-likeness (QED) is 0.401. The smallest absolute Gasteiger partial charge is 0.416 e. The molecule has 0 amide bonds. The standard InChI is InChI=1S/C11H9F3O5S/c1-6(2)10(15)19-8-5-7(11(12,13)14)3-4-9(8)20(16,17)18/h3-5H,1H2,2H3,(H,16,17,18). The van der Waals surface area contributed by atoms with Crippen molar-refractivity contribution < 1.29 is 35.7 Å². The molecule has 0 aromatic heterocycles. The zero-order chi connectivity index (χ0) is 15.7. The van der Waals surface area contributed by atoms with Gasteiger partial charge in [0.05, 0.1) is 5.56 Å². The van der Waals surface area contributed by atoms with Crippen molar-refractivity contribution in [1.29, 1.82) is 0 Å². The monoisotopic (exact) mass is 310 g/mol. The maximum atomic E-state index is 12.5. The third kappa shape index (κ3) is 3.81. The number of carbonyl (C=O) groups is 1. The van der Waals surface area contributed by atoms with Crippen LogP contribution in [0.2, 0.25) is 0 Å². The van der Waals surface area contributed by atoms with Crippen LogP contribution < -0.4 is 4.74 Å². The number of hydrogen-bond donors (Lipinski definition) is 1. The van der Waals surface area contributed by atoms with Crippen molar-refractivity contribution in [2.75, 3.05) is 0 Å². The normalized spacial score (nSPS) is 12.1. The number of rotatable bonds is 3. The molecule has 0 aliphatic rings. The van der Waals surface area contributed by atoms with Crippen LogP contribution in [0.15, 0.2) is 35.2 Å². The van der Waals surface area contributed by atoms with Gasteiger partial charge in [0.15, 0.2) is 5.75 Å². The number of alkyl halides is 3. The third-order valence-corrected chi connectivity index (χ3v) is 2.99. The Kier molecular flexibility index (Phi) is 4.25. The van der Waals surface area contributed by atoms with Crippen LogP contribution in [0.25, 0.3) is 0 Å². The predicted molar refractivity (Wildman–Crippen MR) is 61.7 cm³/mol. The highest BCUT2D eigenvalue weighted by molar-refractivity contribution is 7.86. The van der Waals surface area contributed by atoms with E-state index in [-0.39, 0.29) is 5.57 Å². The van der Waals surface area contributed by atoms with E-state index in [1.54, 1.807) is 0 Å². The second-order valence-corrected chi connectivity index (χ2v) is 5.19. The molecule has 5 nitrogen and oxygen atoms in total. The number of benzene rings is 1. The molecular formula is C11H9F3O5S. The van der Waals surface area contributed by atoms with Crippen molar-refractivity contribution >= 4 is 16.1 Å². The Morgan fingerprint density at radius 1 is 1.35 bits per heavy atom. The van der Waals surface area contributed by atoms with Gasteiger partial charge in [0, 0.05) is 5.57 Å². The van der Waals surface area contributed by atoms with Crippen LogP contribution in [0, 0.1) is 0 Å². The van der Waals surface area contributed by atoms with Gasteiger partial charge in [0.25, 0.3) is 10.1 Å². The maximum absolute atomic E-state index is 12.5. The summed E-state index contributed by atoms with van der Waals surface area (Å²) in [5.41, 5.74) is -1.38. The zero-order valence-electron chi connectivity index (χ0n) is 10.1. The lowest BCUT2D eigenvalue weighted by molar-refractivity contribution is -0.138. The van der Waals surface area contributed by atoms with Gasteiger partial charge in [-0.25, -0.2) is 4.79 Å². The molecule has 0 spiro atoms. The Labute approximate surface area is 112 Å². The fourth-order valence-corrected chi connectivity index (χ4v) is 1.76. The van der Waals surface area contributed by atoms with E-state index in [2.05, 4.69) is 11.3 Å². The van der Waals surface area contributed by atoms with Crippen LogP contribution in [0.4, 0.5) is 13.2 Å². The summed E-state index contributed by atoms with van der Waals surface area (Å²) >= 11 is 0. The van der Waals surface area contributed by atoms with Gasteiger partial charge in [0.2, 0.25) is 0 Å². The first kappa shape index (κ1) is 16.2. The minimum atomic E-state index is -4.84. The first-order valence-corrected chi connectivity index (χ1v) is 6.43. The fraction of sp³-hybridized carbons (Fsp3) is 0.182. The highest BCUT2D eigenvalue weighted by Crippen LogP contribution is 2.34. The third-order valence-electron chi connectivity index (χ3n) is 2.10. The molecule has 0 fully saturated rings. The van der Waals surface area contributed by atoms with E-state index >= 15 is 0 Å². The Morgan fingerprint density at radius 2 is 1.90 bits per heavy atom. The molecule has 0 saturated carbocycles. The van der Waals surface area contributed by atoms with Crippen LogP contribution in [0.5, 0.6) is 5.75 Å². The highest BCUT2D eigenvalue weighted by atomic mass is 32.2. The van der Waals surface area contributed by atoms with Crippen LogP contribution >= 0.6 is 0 Å². The van der Waals surface area contributed by atoms with E-state index in [1.165, 1.54) is 6.92 Å². The highest BCUT2D eigenvalue weighted by Gasteiger charge is 2.33. The van der Waals surface area contributed by atoms with E-state index in [9.17, 15) is 26.4 Å². The summed E-state index contributed by atoms with van der Waals surface area (Å²) in [4.78, 5) is 10.3. The molecule has 0 heterocycles. The maximum Gasteiger partial charge on any atom is 0.416 e. The summed E-state index contributed by atoms with van der Waals surface area (Å²) in [5.74, 6) is -2.04. The van der Waals surface area contributed by atoms with Crippen LogP contribution in [0.3, 0.4) is 0 Å². The molecule has 0 bridgehead atoms. The van der Waals surface area contributed by atoms with Crippen molar-refractivity contribution in [2.45, 2.75) is 18.0 Å². The van der Waals surface area contributed by atoms with Crippen molar-refractivity contribution in [3.05, 3.63) is 35.9 Å². The number of halogens is 3. The van der Waals surface area contributed by atoms with E-state index in [4.69, 9.17) is 4.55 Å². The molecular weight excluding hydrogens is 301 g/mol. The van der Waals surface area contributed by atoms with Gasteiger partial charge < -0.3 is 4.74 Å². The molecule has 0 radical (unpaired) electrons. The van der Waals surface area contributed by atoms with E-state index in [0.29, 0.717) is 18.2 Å². The zero-order valence-corrected chi connectivity index (χ0v) is 10.9. The molecule has 0 aliphatic carbocycles. The molecule has 110 valence electrons. The lowest BCUT2D eigenvalue weighted by Crippen LogP contribution is -2.13. The van der Waals surface area contributed by atoms with Crippen molar-refractivity contribution in [3.8, 4) is 5.75 Å². The van der Waals surface area contributed by atoms with Gasteiger partial charge in [-0.05, 0) is 25.1 Å². The lowest BCUT2D eigenvalue weighted by atomic mass is 10.2. The molecule has 20 heavy (non-hydrogen) atoms. The Morgan fingerprint density at radius 3 is 2.30 bits per heavy atom. The predicted octanol–water partition coefficient (Wildman–Crippen LogP) is 2.43. The summed E-state index contributed by atoms with van der Waals surface area (Å²) in [6.45, 7) is 4.43. The van der Waals surface area contributed by atoms with Gasteiger partial charge in [-0.3, -0.25) is 4.55 Å². The van der Waals surface area contributed by atoms with E-state index < -0.39 is 38.5 Å². The number of carbonyl (C=O) groups excluding carboxylic acids is 1. The lowest BCUT2D eigenvalue weighted by Gasteiger charge is -2.12.